The summed E-state index contributed by atoms with van der Waals surface area (Å²) in [6, 6.07) is 14.7. The van der Waals surface area contributed by atoms with Crippen LogP contribution in [0.1, 0.15) is 30.4 Å². The number of rotatable bonds is 5. The first-order valence-electron chi connectivity index (χ1n) is 9.01. The van der Waals surface area contributed by atoms with Crippen molar-refractivity contribution in [2.75, 3.05) is 13.2 Å². The van der Waals surface area contributed by atoms with Crippen molar-refractivity contribution in [2.24, 2.45) is 0 Å². The van der Waals surface area contributed by atoms with Crippen molar-refractivity contribution in [2.45, 2.75) is 38.3 Å². The van der Waals surface area contributed by atoms with Crippen molar-refractivity contribution in [3.05, 3.63) is 53.6 Å². The van der Waals surface area contributed by atoms with Crippen LogP contribution in [-0.2, 0) is 22.5 Å². The molecule has 1 saturated heterocycles. The van der Waals surface area contributed by atoms with Crippen molar-refractivity contribution in [3.63, 3.8) is 0 Å². The number of hydrogen-bond donors (Lipinski definition) is 1. The minimum atomic E-state index is 0.0644. The lowest BCUT2D eigenvalue weighted by Gasteiger charge is -2.10. The Morgan fingerprint density at radius 2 is 1.92 bits per heavy atom. The largest absolute Gasteiger partial charge is 0.493 e. The van der Waals surface area contributed by atoms with Gasteiger partial charge in [0.2, 0.25) is 5.91 Å². The van der Waals surface area contributed by atoms with E-state index in [2.05, 4.69) is 47.8 Å². The summed E-state index contributed by atoms with van der Waals surface area (Å²) in [7, 11) is 0. The molecule has 1 atom stereocenters. The molecule has 4 heteroatoms. The summed E-state index contributed by atoms with van der Waals surface area (Å²) in [5.74, 6) is 1.07. The van der Waals surface area contributed by atoms with E-state index in [9.17, 15) is 4.79 Å². The minimum Gasteiger partial charge on any atom is -0.493 e. The lowest BCUT2D eigenvalue weighted by molar-refractivity contribution is -0.123. The number of carbonyl (C=O) groups is 1. The highest BCUT2D eigenvalue weighted by Gasteiger charge is 2.18. The molecular weight excluding hydrogens is 314 g/mol. The zero-order valence-electron chi connectivity index (χ0n) is 14.3. The summed E-state index contributed by atoms with van der Waals surface area (Å²) in [5, 5.41) is 2.98. The monoisotopic (exact) mass is 337 g/mol. The quantitative estimate of drug-likeness (QED) is 0.909. The molecule has 2 aliphatic rings. The van der Waals surface area contributed by atoms with Gasteiger partial charge in [0.1, 0.15) is 5.75 Å². The van der Waals surface area contributed by atoms with Crippen molar-refractivity contribution < 1.29 is 14.3 Å². The lowest BCUT2D eigenvalue weighted by atomic mass is 10.0. The molecule has 0 unspecified atom stereocenters. The van der Waals surface area contributed by atoms with Crippen molar-refractivity contribution in [3.8, 4) is 16.9 Å². The van der Waals surface area contributed by atoms with Gasteiger partial charge >= 0.3 is 0 Å². The number of fused-ring (bicyclic) bond motifs is 1. The van der Waals surface area contributed by atoms with Crippen molar-refractivity contribution in [1.29, 1.82) is 0 Å². The Morgan fingerprint density at radius 3 is 2.72 bits per heavy atom. The second-order valence-electron chi connectivity index (χ2n) is 6.73. The molecule has 0 radical (unpaired) electrons. The van der Waals surface area contributed by atoms with E-state index >= 15 is 0 Å². The van der Waals surface area contributed by atoms with Gasteiger partial charge < -0.3 is 14.8 Å². The van der Waals surface area contributed by atoms with Crippen LogP contribution in [0.15, 0.2) is 42.5 Å². The van der Waals surface area contributed by atoms with Crippen molar-refractivity contribution in [1.82, 2.24) is 5.32 Å². The maximum atomic E-state index is 12.0. The molecule has 0 bridgehead atoms. The number of nitrogens with one attached hydrogen (secondary N) is 1. The van der Waals surface area contributed by atoms with E-state index in [4.69, 9.17) is 9.47 Å². The van der Waals surface area contributed by atoms with Gasteiger partial charge in [-0.05, 0) is 47.2 Å². The molecule has 2 aliphatic heterocycles. The summed E-state index contributed by atoms with van der Waals surface area (Å²) < 4.78 is 11.1. The van der Waals surface area contributed by atoms with Gasteiger partial charge in [-0.1, -0.05) is 30.3 Å². The number of benzene rings is 2. The van der Waals surface area contributed by atoms with Crippen LogP contribution in [0.5, 0.6) is 5.75 Å². The standard InChI is InChI=1S/C21H23NO3/c23-21(13-19-2-1-10-24-19)22-14-15-3-5-16(6-4-15)17-7-8-20-18(12-17)9-11-25-20/h3-8,12,19H,1-2,9-11,13-14H2,(H,22,23)/t19-/m0/s1. The average molecular weight is 337 g/mol. The Bertz CT molecular complexity index is 748. The maximum absolute atomic E-state index is 12.0. The molecule has 2 aromatic rings. The van der Waals surface area contributed by atoms with Crippen LogP contribution in [0.2, 0.25) is 0 Å². The zero-order chi connectivity index (χ0) is 17.1. The summed E-state index contributed by atoms with van der Waals surface area (Å²) >= 11 is 0. The van der Waals surface area contributed by atoms with Gasteiger partial charge in [0.05, 0.1) is 19.1 Å². The molecule has 0 spiro atoms. The Morgan fingerprint density at radius 1 is 1.08 bits per heavy atom. The van der Waals surface area contributed by atoms with E-state index in [1.165, 1.54) is 16.7 Å². The topological polar surface area (TPSA) is 47.6 Å². The van der Waals surface area contributed by atoms with E-state index in [-0.39, 0.29) is 12.0 Å². The Balaban J connectivity index is 1.34. The fourth-order valence-corrected chi connectivity index (χ4v) is 3.47. The van der Waals surface area contributed by atoms with E-state index in [0.717, 1.165) is 43.8 Å². The minimum absolute atomic E-state index is 0.0644. The summed E-state index contributed by atoms with van der Waals surface area (Å²) in [5.41, 5.74) is 4.78. The highest BCUT2D eigenvalue weighted by Crippen LogP contribution is 2.30. The van der Waals surface area contributed by atoms with Gasteiger partial charge in [0.25, 0.3) is 0 Å². The third-order valence-corrected chi connectivity index (χ3v) is 4.90. The Kier molecular flexibility index (Phi) is 4.70. The molecular formula is C21H23NO3. The molecule has 1 fully saturated rings. The van der Waals surface area contributed by atoms with Gasteiger partial charge in [0, 0.05) is 19.6 Å². The maximum Gasteiger partial charge on any atom is 0.222 e. The molecule has 1 amide bonds. The molecule has 4 rings (SSSR count). The highest BCUT2D eigenvalue weighted by molar-refractivity contribution is 5.76. The van der Waals surface area contributed by atoms with Crippen LogP contribution in [0.25, 0.3) is 11.1 Å². The fraction of sp³-hybridized carbons (Fsp3) is 0.381. The van der Waals surface area contributed by atoms with Gasteiger partial charge in [-0.3, -0.25) is 4.79 Å². The van der Waals surface area contributed by atoms with E-state index in [0.29, 0.717) is 13.0 Å². The van der Waals surface area contributed by atoms with E-state index < -0.39 is 0 Å². The summed E-state index contributed by atoms with van der Waals surface area (Å²) in [6.45, 7) is 2.13. The molecule has 2 heterocycles. The lowest BCUT2D eigenvalue weighted by Crippen LogP contribution is -2.26. The van der Waals surface area contributed by atoms with Crippen LogP contribution in [0.4, 0.5) is 0 Å². The summed E-state index contributed by atoms with van der Waals surface area (Å²) in [6.07, 6.45) is 3.61. The van der Waals surface area contributed by atoms with Crippen LogP contribution < -0.4 is 10.1 Å². The third-order valence-electron chi connectivity index (χ3n) is 4.90. The molecule has 130 valence electrons. The molecule has 2 aromatic carbocycles. The molecule has 0 saturated carbocycles. The van der Waals surface area contributed by atoms with Gasteiger partial charge in [-0.25, -0.2) is 0 Å². The number of ether oxygens (including phenoxy) is 2. The SMILES string of the molecule is O=C(C[C@@H]1CCCO1)NCc1ccc(-c2ccc3c(c2)CCO3)cc1. The van der Waals surface area contributed by atoms with Gasteiger partial charge in [0.15, 0.2) is 0 Å². The van der Waals surface area contributed by atoms with Crippen LogP contribution in [0, 0.1) is 0 Å². The van der Waals surface area contributed by atoms with Crippen LogP contribution >= 0.6 is 0 Å². The first-order chi connectivity index (χ1) is 12.3. The predicted molar refractivity (Wildman–Crippen MR) is 96.5 cm³/mol. The molecule has 1 N–H and O–H groups in total. The second kappa shape index (κ2) is 7.28. The number of hydrogen-bond acceptors (Lipinski definition) is 3. The first-order valence-corrected chi connectivity index (χ1v) is 9.01. The van der Waals surface area contributed by atoms with Gasteiger partial charge in [-0.15, -0.1) is 0 Å². The Labute approximate surface area is 148 Å². The number of carbonyl (C=O) groups excluding carboxylic acids is 1. The van der Waals surface area contributed by atoms with E-state index in [1.54, 1.807) is 0 Å². The smallest absolute Gasteiger partial charge is 0.222 e. The second-order valence-corrected chi connectivity index (χ2v) is 6.73. The highest BCUT2D eigenvalue weighted by atomic mass is 16.5. The van der Waals surface area contributed by atoms with Crippen LogP contribution in [0.3, 0.4) is 0 Å². The first kappa shape index (κ1) is 16.2. The molecule has 0 aliphatic carbocycles. The van der Waals surface area contributed by atoms with Crippen LogP contribution in [-0.4, -0.2) is 25.2 Å². The van der Waals surface area contributed by atoms with Gasteiger partial charge in [-0.2, -0.15) is 0 Å². The molecule has 25 heavy (non-hydrogen) atoms. The Hall–Kier alpha value is -2.33. The third kappa shape index (κ3) is 3.85. The summed E-state index contributed by atoms with van der Waals surface area (Å²) in [4.78, 5) is 12.0. The predicted octanol–water partition coefficient (Wildman–Crippen LogP) is 3.47. The normalized spacial score (nSPS) is 18.6. The average Bonchev–Trinajstić information content (AvgIpc) is 3.31. The molecule has 0 aromatic heterocycles. The zero-order valence-corrected chi connectivity index (χ0v) is 14.3. The van der Waals surface area contributed by atoms with E-state index in [1.807, 2.05) is 0 Å². The van der Waals surface area contributed by atoms with Crippen molar-refractivity contribution >= 4 is 5.91 Å². The molecule has 4 nitrogen and oxygen atoms in total. The fourth-order valence-electron chi connectivity index (χ4n) is 3.47. The number of amides is 1.